The Morgan fingerprint density at radius 1 is 1.24 bits per heavy atom. The summed E-state index contributed by atoms with van der Waals surface area (Å²) in [6.07, 6.45) is 6.25. The molecule has 5 nitrogen and oxygen atoms in total. The van der Waals surface area contributed by atoms with Crippen molar-refractivity contribution in [2.45, 2.75) is 50.2 Å². The van der Waals surface area contributed by atoms with Crippen LogP contribution in [0.15, 0.2) is 4.52 Å². The predicted molar refractivity (Wildman–Crippen MR) is 63.8 cm³/mol. The molecule has 0 aromatic carbocycles. The molecule has 6 heteroatoms. The van der Waals surface area contributed by atoms with Crippen LogP contribution < -0.4 is 5.73 Å². The summed E-state index contributed by atoms with van der Waals surface area (Å²) in [5, 5.41) is 4.02. The molecule has 0 radical (unpaired) electrons. The molecule has 96 valence electrons. The van der Waals surface area contributed by atoms with Gasteiger partial charge in [0.2, 0.25) is 0 Å². The first-order valence-electron chi connectivity index (χ1n) is 6.02. The van der Waals surface area contributed by atoms with Crippen molar-refractivity contribution in [2.24, 2.45) is 5.73 Å². The lowest BCUT2D eigenvalue weighted by Crippen LogP contribution is -2.34. The van der Waals surface area contributed by atoms with Crippen LogP contribution >= 0.6 is 12.4 Å². The average molecular weight is 260 g/mol. The summed E-state index contributed by atoms with van der Waals surface area (Å²) in [7, 11) is 0. The van der Waals surface area contributed by atoms with Gasteiger partial charge in [-0.25, -0.2) is 0 Å². The van der Waals surface area contributed by atoms with Gasteiger partial charge in [0.05, 0.1) is 5.54 Å². The van der Waals surface area contributed by atoms with Crippen LogP contribution in [-0.4, -0.2) is 16.7 Å². The molecular weight excluding hydrogens is 242 g/mol. The first-order valence-corrected chi connectivity index (χ1v) is 6.02. The van der Waals surface area contributed by atoms with E-state index in [2.05, 4.69) is 10.1 Å². The van der Waals surface area contributed by atoms with Crippen molar-refractivity contribution in [2.75, 3.05) is 6.61 Å². The highest BCUT2D eigenvalue weighted by Gasteiger charge is 2.37. The van der Waals surface area contributed by atoms with Gasteiger partial charge in [-0.3, -0.25) is 0 Å². The van der Waals surface area contributed by atoms with Crippen molar-refractivity contribution in [1.82, 2.24) is 10.1 Å². The summed E-state index contributed by atoms with van der Waals surface area (Å²) >= 11 is 0. The maximum Gasteiger partial charge on any atom is 0.255 e. The molecule has 2 aliphatic rings. The van der Waals surface area contributed by atoms with Gasteiger partial charge in [-0.15, -0.1) is 12.4 Å². The zero-order valence-electron chi connectivity index (χ0n) is 9.72. The second-order valence-corrected chi connectivity index (χ2v) is 4.82. The molecule has 2 N–H and O–H groups in total. The van der Waals surface area contributed by atoms with Crippen molar-refractivity contribution < 1.29 is 9.26 Å². The van der Waals surface area contributed by atoms with Crippen molar-refractivity contribution >= 4 is 12.4 Å². The Hall–Kier alpha value is -0.650. The monoisotopic (exact) mass is 259 g/mol. The zero-order valence-corrected chi connectivity index (χ0v) is 10.5. The molecule has 1 saturated heterocycles. The lowest BCUT2D eigenvalue weighted by molar-refractivity contribution is 0.0835. The molecule has 0 amide bonds. The minimum Gasteiger partial charge on any atom is -0.368 e. The lowest BCUT2D eigenvalue weighted by Gasteiger charge is -2.17. The molecule has 3 rings (SSSR count). The van der Waals surface area contributed by atoms with E-state index >= 15 is 0 Å². The quantitative estimate of drug-likeness (QED) is 0.880. The molecule has 0 bridgehead atoms. The number of nitrogens with two attached hydrogens (primary N) is 1. The molecule has 1 aliphatic carbocycles. The summed E-state index contributed by atoms with van der Waals surface area (Å²) in [6, 6.07) is 0. The van der Waals surface area contributed by atoms with Crippen LogP contribution in [0.25, 0.3) is 0 Å². The highest BCUT2D eigenvalue weighted by Crippen LogP contribution is 2.36. The molecule has 1 atom stereocenters. The number of hydrogen-bond donors (Lipinski definition) is 1. The third-order valence-corrected chi connectivity index (χ3v) is 3.59. The molecule has 1 aliphatic heterocycles. The number of ether oxygens (including phenoxy) is 1. The molecule has 1 unspecified atom stereocenters. The van der Waals surface area contributed by atoms with Crippen molar-refractivity contribution in [3.8, 4) is 0 Å². The predicted octanol–water partition coefficient (Wildman–Crippen LogP) is 2.07. The molecule has 1 saturated carbocycles. The van der Waals surface area contributed by atoms with Gasteiger partial charge >= 0.3 is 0 Å². The summed E-state index contributed by atoms with van der Waals surface area (Å²) in [5.41, 5.74) is 5.91. The van der Waals surface area contributed by atoms with E-state index in [4.69, 9.17) is 15.0 Å². The Kier molecular flexibility index (Phi) is 3.70. The number of hydrogen-bond acceptors (Lipinski definition) is 5. The number of rotatable bonds is 2. The average Bonchev–Trinajstić information content (AvgIpc) is 2.98. The fourth-order valence-corrected chi connectivity index (χ4v) is 2.57. The van der Waals surface area contributed by atoms with Gasteiger partial charge in [-0.05, 0) is 25.7 Å². The molecular formula is C11H18ClN3O2. The Morgan fingerprint density at radius 3 is 2.65 bits per heavy atom. The topological polar surface area (TPSA) is 74.2 Å². The minimum atomic E-state index is -0.361. The Bertz CT molecular complexity index is 371. The molecule has 17 heavy (non-hydrogen) atoms. The molecule has 1 aromatic rings. The van der Waals surface area contributed by atoms with Crippen molar-refractivity contribution in [3.63, 3.8) is 0 Å². The van der Waals surface area contributed by atoms with Crippen LogP contribution in [0.5, 0.6) is 0 Å². The van der Waals surface area contributed by atoms with E-state index in [1.54, 1.807) is 0 Å². The highest BCUT2D eigenvalue weighted by atomic mass is 35.5. The van der Waals surface area contributed by atoms with Gasteiger partial charge in [-0.1, -0.05) is 18.0 Å². The smallest absolute Gasteiger partial charge is 0.255 e. The molecule has 1 aromatic heterocycles. The van der Waals surface area contributed by atoms with Gasteiger partial charge in [0, 0.05) is 6.61 Å². The van der Waals surface area contributed by atoms with Gasteiger partial charge in [-0.2, -0.15) is 4.98 Å². The van der Waals surface area contributed by atoms with Crippen molar-refractivity contribution in [3.05, 3.63) is 11.7 Å². The third-order valence-electron chi connectivity index (χ3n) is 3.59. The zero-order chi connectivity index (χ0) is 11.0. The molecule has 2 heterocycles. The van der Waals surface area contributed by atoms with E-state index in [0.717, 1.165) is 45.1 Å². The van der Waals surface area contributed by atoms with Crippen molar-refractivity contribution in [1.29, 1.82) is 0 Å². The Morgan fingerprint density at radius 2 is 2.00 bits per heavy atom. The second-order valence-electron chi connectivity index (χ2n) is 4.82. The fraction of sp³-hybridized carbons (Fsp3) is 0.818. The minimum absolute atomic E-state index is 0. The maximum atomic E-state index is 6.27. The van der Waals surface area contributed by atoms with Crippen LogP contribution in [0, 0.1) is 0 Å². The van der Waals surface area contributed by atoms with Crippen LogP contribution in [0.1, 0.15) is 56.3 Å². The summed E-state index contributed by atoms with van der Waals surface area (Å²) in [6.45, 7) is 0.788. The van der Waals surface area contributed by atoms with Gasteiger partial charge in [0.1, 0.15) is 6.10 Å². The second kappa shape index (κ2) is 4.92. The fourth-order valence-electron chi connectivity index (χ4n) is 2.57. The highest BCUT2D eigenvalue weighted by molar-refractivity contribution is 5.85. The maximum absolute atomic E-state index is 6.27. The normalized spacial score (nSPS) is 27.0. The number of halogens is 1. The largest absolute Gasteiger partial charge is 0.368 e. The lowest BCUT2D eigenvalue weighted by atomic mass is 9.99. The first kappa shape index (κ1) is 12.8. The van der Waals surface area contributed by atoms with Gasteiger partial charge < -0.3 is 15.0 Å². The van der Waals surface area contributed by atoms with Crippen LogP contribution in [-0.2, 0) is 10.3 Å². The molecule has 2 fully saturated rings. The van der Waals surface area contributed by atoms with Crippen LogP contribution in [0.4, 0.5) is 0 Å². The van der Waals surface area contributed by atoms with Gasteiger partial charge in [0.15, 0.2) is 5.82 Å². The van der Waals surface area contributed by atoms with E-state index in [1.165, 1.54) is 0 Å². The SMILES string of the molecule is Cl.NC1(c2noc(C3CCCO3)n2)CCCC1. The summed E-state index contributed by atoms with van der Waals surface area (Å²) in [5.74, 6) is 1.26. The standard InChI is InChI=1S/C11H17N3O2.ClH/c12-11(5-1-2-6-11)10-13-9(16-14-10)8-4-3-7-15-8;/h8H,1-7,12H2;1H. The van der Waals surface area contributed by atoms with Crippen LogP contribution in [0.2, 0.25) is 0 Å². The van der Waals surface area contributed by atoms with Gasteiger partial charge in [0.25, 0.3) is 5.89 Å². The van der Waals surface area contributed by atoms with E-state index in [-0.39, 0.29) is 24.0 Å². The van der Waals surface area contributed by atoms with E-state index < -0.39 is 0 Å². The number of aromatic nitrogens is 2. The summed E-state index contributed by atoms with van der Waals surface area (Å²) < 4.78 is 10.8. The Balaban J connectivity index is 0.00000108. The van der Waals surface area contributed by atoms with E-state index in [9.17, 15) is 0 Å². The third kappa shape index (κ3) is 2.32. The number of nitrogens with zero attached hydrogens (tertiary/aromatic N) is 2. The first-order chi connectivity index (χ1) is 7.78. The van der Waals surface area contributed by atoms with E-state index in [0.29, 0.717) is 11.7 Å². The van der Waals surface area contributed by atoms with E-state index in [1.807, 2.05) is 0 Å². The molecule has 0 spiro atoms. The Labute approximate surface area is 106 Å². The van der Waals surface area contributed by atoms with Crippen LogP contribution in [0.3, 0.4) is 0 Å². The summed E-state index contributed by atoms with van der Waals surface area (Å²) in [4.78, 5) is 4.42.